The number of carbonyl (C=O) groups is 1. The summed E-state index contributed by atoms with van der Waals surface area (Å²) >= 11 is 5.96. The number of rotatable bonds is 3. The van der Waals surface area contributed by atoms with Gasteiger partial charge in [0.25, 0.3) is 0 Å². The van der Waals surface area contributed by atoms with Crippen molar-refractivity contribution in [3.63, 3.8) is 0 Å². The summed E-state index contributed by atoms with van der Waals surface area (Å²) < 4.78 is 5.38. The number of aromatic nitrogens is 2. The van der Waals surface area contributed by atoms with Crippen molar-refractivity contribution in [2.75, 3.05) is 10.6 Å². The molecule has 2 amide bonds. The fraction of sp³-hybridized carbons (Fsp3) is 0. The summed E-state index contributed by atoms with van der Waals surface area (Å²) in [4.78, 5) is 11.9. The number of para-hydroxylation sites is 1. The molecular weight excluding hydrogens is 304 g/mol. The molecule has 2 N–H and O–H groups in total. The molecule has 0 aliphatic rings. The summed E-state index contributed by atoms with van der Waals surface area (Å²) in [6.45, 7) is 0. The molecular formula is C15H11ClN4O2. The van der Waals surface area contributed by atoms with E-state index in [1.54, 1.807) is 24.3 Å². The smallest absolute Gasteiger partial charge is 0.327 e. The van der Waals surface area contributed by atoms with Crippen LogP contribution in [0.4, 0.5) is 16.5 Å². The van der Waals surface area contributed by atoms with Gasteiger partial charge in [-0.25, -0.2) is 4.79 Å². The summed E-state index contributed by atoms with van der Waals surface area (Å²) in [5, 5.41) is 13.1. The highest BCUT2D eigenvalue weighted by Crippen LogP contribution is 2.21. The maximum atomic E-state index is 11.9. The van der Waals surface area contributed by atoms with E-state index in [4.69, 9.17) is 16.0 Å². The topological polar surface area (TPSA) is 80.1 Å². The van der Waals surface area contributed by atoms with Crippen LogP contribution >= 0.6 is 11.6 Å². The highest BCUT2D eigenvalue weighted by atomic mass is 35.5. The van der Waals surface area contributed by atoms with Crippen LogP contribution in [0.15, 0.2) is 59.0 Å². The molecule has 0 aliphatic carbocycles. The predicted octanol–water partition coefficient (Wildman–Crippen LogP) is 4.03. The van der Waals surface area contributed by atoms with Gasteiger partial charge in [-0.1, -0.05) is 47.0 Å². The molecule has 3 aromatic rings. The van der Waals surface area contributed by atoms with Crippen LogP contribution in [-0.2, 0) is 0 Å². The molecule has 1 heterocycles. The van der Waals surface area contributed by atoms with Gasteiger partial charge in [-0.15, -0.1) is 5.10 Å². The molecule has 0 spiro atoms. The second-order valence-electron chi connectivity index (χ2n) is 4.34. The first-order valence-electron chi connectivity index (χ1n) is 6.44. The zero-order chi connectivity index (χ0) is 15.4. The quantitative estimate of drug-likeness (QED) is 0.764. The first-order valence-corrected chi connectivity index (χ1v) is 6.81. The fourth-order valence-electron chi connectivity index (χ4n) is 1.78. The maximum Gasteiger partial charge on any atom is 0.327 e. The molecule has 0 radical (unpaired) electrons. The van der Waals surface area contributed by atoms with Crippen molar-refractivity contribution in [2.24, 2.45) is 0 Å². The lowest BCUT2D eigenvalue weighted by atomic mass is 10.2. The molecule has 0 saturated carbocycles. The van der Waals surface area contributed by atoms with Gasteiger partial charge in [-0.3, -0.25) is 5.32 Å². The van der Waals surface area contributed by atoms with E-state index in [1.807, 2.05) is 30.3 Å². The minimum absolute atomic E-state index is 0.00315. The Bertz CT molecular complexity index is 789. The Balaban J connectivity index is 1.68. The molecule has 0 atom stereocenters. The molecule has 2 aromatic carbocycles. The van der Waals surface area contributed by atoms with Gasteiger partial charge >= 0.3 is 12.0 Å². The monoisotopic (exact) mass is 314 g/mol. The molecule has 7 heteroatoms. The number of halogens is 1. The molecule has 22 heavy (non-hydrogen) atoms. The van der Waals surface area contributed by atoms with Gasteiger partial charge in [0.05, 0.1) is 10.7 Å². The SMILES string of the molecule is O=C(Nc1nnc(-c2ccccc2)o1)Nc1ccccc1Cl. The van der Waals surface area contributed by atoms with E-state index in [0.29, 0.717) is 16.6 Å². The molecule has 1 aromatic heterocycles. The number of urea groups is 1. The van der Waals surface area contributed by atoms with Crippen molar-refractivity contribution in [2.45, 2.75) is 0 Å². The van der Waals surface area contributed by atoms with Gasteiger partial charge in [0.2, 0.25) is 5.89 Å². The molecule has 6 nitrogen and oxygen atoms in total. The van der Waals surface area contributed by atoms with Gasteiger partial charge < -0.3 is 9.73 Å². The molecule has 110 valence electrons. The fourth-order valence-corrected chi connectivity index (χ4v) is 1.97. The van der Waals surface area contributed by atoms with E-state index in [0.717, 1.165) is 5.56 Å². The highest BCUT2D eigenvalue weighted by molar-refractivity contribution is 6.33. The summed E-state index contributed by atoms with van der Waals surface area (Å²) in [6.07, 6.45) is 0. The van der Waals surface area contributed by atoms with E-state index in [9.17, 15) is 4.79 Å². The third kappa shape index (κ3) is 3.24. The number of amides is 2. The second kappa shape index (κ2) is 6.28. The Morgan fingerprint density at radius 3 is 2.45 bits per heavy atom. The van der Waals surface area contributed by atoms with Crippen molar-refractivity contribution >= 4 is 29.3 Å². The number of nitrogens with zero attached hydrogens (tertiary/aromatic N) is 2. The standard InChI is InChI=1S/C15H11ClN4O2/c16-11-8-4-5-9-12(11)17-14(21)18-15-20-19-13(22-15)10-6-2-1-3-7-10/h1-9H,(H2,17,18,20,21). The van der Waals surface area contributed by atoms with E-state index in [1.165, 1.54) is 0 Å². The lowest BCUT2D eigenvalue weighted by Crippen LogP contribution is -2.19. The number of carbonyl (C=O) groups excluding carboxylic acids is 1. The minimum Gasteiger partial charge on any atom is -0.403 e. The molecule has 0 aliphatic heterocycles. The highest BCUT2D eigenvalue weighted by Gasteiger charge is 2.11. The van der Waals surface area contributed by atoms with Crippen molar-refractivity contribution < 1.29 is 9.21 Å². The minimum atomic E-state index is -0.517. The molecule has 0 bridgehead atoms. The zero-order valence-corrected chi connectivity index (χ0v) is 12.0. The average Bonchev–Trinajstić information content (AvgIpc) is 2.99. The Labute approximate surface area is 131 Å². The third-order valence-corrected chi connectivity index (χ3v) is 3.12. The van der Waals surface area contributed by atoms with Gasteiger partial charge in [0, 0.05) is 5.56 Å². The van der Waals surface area contributed by atoms with Gasteiger partial charge in [-0.05, 0) is 24.3 Å². The van der Waals surface area contributed by atoms with Crippen LogP contribution in [0.25, 0.3) is 11.5 Å². The van der Waals surface area contributed by atoms with E-state index in [-0.39, 0.29) is 6.01 Å². The number of anilines is 2. The average molecular weight is 315 g/mol. The second-order valence-corrected chi connectivity index (χ2v) is 4.74. The summed E-state index contributed by atoms with van der Waals surface area (Å²) in [6, 6.07) is 15.7. The molecule has 3 rings (SSSR count). The van der Waals surface area contributed by atoms with Crippen molar-refractivity contribution in [1.82, 2.24) is 10.2 Å². The normalized spacial score (nSPS) is 10.2. The molecule has 0 saturated heterocycles. The van der Waals surface area contributed by atoms with Crippen LogP contribution in [0.3, 0.4) is 0 Å². The van der Waals surface area contributed by atoms with Crippen molar-refractivity contribution in [3.8, 4) is 11.5 Å². The zero-order valence-electron chi connectivity index (χ0n) is 11.3. The first-order chi connectivity index (χ1) is 10.7. The van der Waals surface area contributed by atoms with Crippen LogP contribution < -0.4 is 10.6 Å². The van der Waals surface area contributed by atoms with Crippen LogP contribution in [0.2, 0.25) is 5.02 Å². The van der Waals surface area contributed by atoms with Crippen LogP contribution in [0.5, 0.6) is 0 Å². The Morgan fingerprint density at radius 1 is 0.955 bits per heavy atom. The molecule has 0 fully saturated rings. The largest absolute Gasteiger partial charge is 0.403 e. The summed E-state index contributed by atoms with van der Waals surface area (Å²) in [5.41, 5.74) is 1.26. The lowest BCUT2D eigenvalue weighted by Gasteiger charge is -2.05. The Hall–Kier alpha value is -2.86. The lowest BCUT2D eigenvalue weighted by molar-refractivity contribution is 0.261. The Morgan fingerprint density at radius 2 is 1.68 bits per heavy atom. The number of benzene rings is 2. The first kappa shape index (κ1) is 14.1. The van der Waals surface area contributed by atoms with E-state index in [2.05, 4.69) is 20.8 Å². The number of hydrogen-bond donors (Lipinski definition) is 2. The van der Waals surface area contributed by atoms with E-state index >= 15 is 0 Å². The van der Waals surface area contributed by atoms with Crippen molar-refractivity contribution in [3.05, 3.63) is 59.6 Å². The van der Waals surface area contributed by atoms with Crippen LogP contribution in [0, 0.1) is 0 Å². The van der Waals surface area contributed by atoms with Gasteiger partial charge in [0.1, 0.15) is 0 Å². The van der Waals surface area contributed by atoms with Crippen LogP contribution in [0.1, 0.15) is 0 Å². The van der Waals surface area contributed by atoms with E-state index < -0.39 is 6.03 Å². The number of hydrogen-bond acceptors (Lipinski definition) is 4. The molecule has 0 unspecified atom stereocenters. The van der Waals surface area contributed by atoms with Gasteiger partial charge in [-0.2, -0.15) is 0 Å². The Kier molecular flexibility index (Phi) is 4.02. The predicted molar refractivity (Wildman–Crippen MR) is 83.8 cm³/mol. The van der Waals surface area contributed by atoms with Crippen LogP contribution in [-0.4, -0.2) is 16.2 Å². The number of nitrogens with one attached hydrogen (secondary N) is 2. The summed E-state index contributed by atoms with van der Waals surface area (Å²) in [5.74, 6) is 0.327. The van der Waals surface area contributed by atoms with Crippen molar-refractivity contribution in [1.29, 1.82) is 0 Å². The van der Waals surface area contributed by atoms with Gasteiger partial charge in [0.15, 0.2) is 0 Å². The maximum absolute atomic E-state index is 11.9. The summed E-state index contributed by atoms with van der Waals surface area (Å²) in [7, 11) is 0. The third-order valence-electron chi connectivity index (χ3n) is 2.79.